The van der Waals surface area contributed by atoms with Gasteiger partial charge in [0.15, 0.2) is 17.4 Å². The molecule has 1 aliphatic heterocycles. The Hall–Kier alpha value is -2.79. The van der Waals surface area contributed by atoms with E-state index in [9.17, 15) is 17.8 Å². The molecule has 1 fully saturated rings. The van der Waals surface area contributed by atoms with Crippen LogP contribution in [0, 0.1) is 11.6 Å². The van der Waals surface area contributed by atoms with Gasteiger partial charge in [-0.1, -0.05) is 0 Å². The topological polar surface area (TPSA) is 94.6 Å². The van der Waals surface area contributed by atoms with Crippen molar-refractivity contribution in [1.29, 1.82) is 0 Å². The molecule has 2 aromatic carbocycles. The van der Waals surface area contributed by atoms with E-state index in [0.29, 0.717) is 23.9 Å². The normalized spacial score (nSPS) is 15.1. The molecular weight excluding hydrogens is 450 g/mol. The largest absolute Gasteiger partial charge is 0.368 e. The molecule has 10 heteroatoms. The van der Waals surface area contributed by atoms with Crippen molar-refractivity contribution in [3.63, 3.8) is 0 Å². The summed E-state index contributed by atoms with van der Waals surface area (Å²) in [4.78, 5) is 19.8. The number of fused-ring (bicyclic) bond motifs is 1. The molecule has 1 saturated heterocycles. The van der Waals surface area contributed by atoms with Crippen LogP contribution in [0.3, 0.4) is 0 Å². The number of aryl methyl sites for hydroxylation is 1. The van der Waals surface area contributed by atoms with E-state index in [1.165, 1.54) is 6.07 Å². The van der Waals surface area contributed by atoms with Crippen LogP contribution in [0.4, 0.5) is 14.5 Å². The summed E-state index contributed by atoms with van der Waals surface area (Å²) in [6.07, 6.45) is 2.54. The number of rotatable bonds is 8. The van der Waals surface area contributed by atoms with Crippen LogP contribution in [0.15, 0.2) is 42.6 Å². The summed E-state index contributed by atoms with van der Waals surface area (Å²) in [6.45, 7) is 3.69. The number of halogens is 2. The van der Waals surface area contributed by atoms with Crippen molar-refractivity contribution in [2.45, 2.75) is 12.8 Å². The first-order valence-corrected chi connectivity index (χ1v) is 11.8. The Kier molecular flexibility index (Phi) is 7.39. The molecule has 33 heavy (non-hydrogen) atoms. The molecule has 3 N–H and O–H groups in total. The Bertz CT molecular complexity index is 1200. The van der Waals surface area contributed by atoms with Crippen molar-refractivity contribution in [2.75, 3.05) is 37.6 Å². The minimum Gasteiger partial charge on any atom is -0.368 e. The monoisotopic (exact) mass is 474 g/mol. The first-order chi connectivity index (χ1) is 15.9. The zero-order chi connectivity index (χ0) is 23.4. The number of aromatic nitrogens is 1. The molecule has 0 aliphatic carbocycles. The predicted octanol–water partition coefficient (Wildman–Crippen LogP) is 2.81. The van der Waals surface area contributed by atoms with Gasteiger partial charge in [-0.2, -0.15) is 0 Å². The SMILES string of the molecule is O=C(c1ccc2ncc(N3CCNCC3)cc2c1)c1cc(CCCNS(=O)O)cc(F)c1F. The Morgan fingerprint density at radius 1 is 1.18 bits per heavy atom. The van der Waals surface area contributed by atoms with E-state index in [2.05, 4.69) is 19.9 Å². The molecule has 0 saturated carbocycles. The van der Waals surface area contributed by atoms with E-state index in [0.717, 1.165) is 43.3 Å². The smallest absolute Gasteiger partial charge is 0.231 e. The summed E-state index contributed by atoms with van der Waals surface area (Å²) in [7, 11) is 0. The molecule has 0 spiro atoms. The highest BCUT2D eigenvalue weighted by Gasteiger charge is 2.20. The average molecular weight is 475 g/mol. The zero-order valence-corrected chi connectivity index (χ0v) is 18.6. The number of anilines is 1. The lowest BCUT2D eigenvalue weighted by Crippen LogP contribution is -2.43. The fraction of sp³-hybridized carbons (Fsp3) is 0.304. The van der Waals surface area contributed by atoms with Crippen LogP contribution in [-0.4, -0.2) is 52.3 Å². The number of carbonyl (C=O) groups excluding carboxylic acids is 1. The minimum absolute atomic E-state index is 0.221. The molecule has 1 atom stereocenters. The van der Waals surface area contributed by atoms with E-state index in [4.69, 9.17) is 4.55 Å². The number of nitrogens with zero attached hydrogens (tertiary/aromatic N) is 2. The van der Waals surface area contributed by atoms with Crippen LogP contribution in [0.1, 0.15) is 27.9 Å². The Morgan fingerprint density at radius 3 is 2.73 bits per heavy atom. The van der Waals surface area contributed by atoms with E-state index in [1.54, 1.807) is 24.4 Å². The number of pyridine rings is 1. The van der Waals surface area contributed by atoms with Crippen LogP contribution < -0.4 is 14.9 Å². The van der Waals surface area contributed by atoms with Gasteiger partial charge in [-0.3, -0.25) is 14.3 Å². The number of nitrogens with one attached hydrogen (secondary N) is 2. The summed E-state index contributed by atoms with van der Waals surface area (Å²) in [5, 5.41) is 4.05. The number of hydrogen-bond donors (Lipinski definition) is 3. The fourth-order valence-corrected chi connectivity index (χ4v) is 4.24. The summed E-state index contributed by atoms with van der Waals surface area (Å²) in [6, 6.07) is 9.26. The van der Waals surface area contributed by atoms with Crippen molar-refractivity contribution in [1.82, 2.24) is 15.0 Å². The highest BCUT2D eigenvalue weighted by atomic mass is 32.2. The molecule has 3 aromatic rings. The van der Waals surface area contributed by atoms with Gasteiger partial charge in [-0.15, -0.1) is 0 Å². The standard InChI is InChI=1S/C23H24F2N4O3S/c24-20-11-15(2-1-5-28-33(31)32)10-19(22(20)25)23(30)16-3-4-21-17(12-16)13-18(14-27-21)29-8-6-26-7-9-29/h3-4,10-14,26,28H,1-2,5-9H2,(H,31,32). The quantitative estimate of drug-likeness (QED) is 0.264. The molecule has 1 aromatic heterocycles. The molecule has 1 unspecified atom stereocenters. The number of piperazine rings is 1. The maximum atomic E-state index is 14.5. The summed E-state index contributed by atoms with van der Waals surface area (Å²) in [5.41, 5.74) is 2.00. The second-order valence-electron chi connectivity index (χ2n) is 7.85. The van der Waals surface area contributed by atoms with Gasteiger partial charge in [0.2, 0.25) is 11.3 Å². The number of hydrogen-bond acceptors (Lipinski definition) is 5. The Balaban J connectivity index is 1.59. The van der Waals surface area contributed by atoms with Crippen molar-refractivity contribution in [3.8, 4) is 0 Å². The lowest BCUT2D eigenvalue weighted by Gasteiger charge is -2.29. The number of carbonyl (C=O) groups is 1. The Morgan fingerprint density at radius 2 is 1.97 bits per heavy atom. The van der Waals surface area contributed by atoms with Gasteiger partial charge in [0.25, 0.3) is 0 Å². The lowest BCUT2D eigenvalue weighted by atomic mass is 9.97. The maximum absolute atomic E-state index is 14.5. The van der Waals surface area contributed by atoms with E-state index in [-0.39, 0.29) is 17.7 Å². The maximum Gasteiger partial charge on any atom is 0.231 e. The van der Waals surface area contributed by atoms with E-state index < -0.39 is 28.7 Å². The van der Waals surface area contributed by atoms with Crippen molar-refractivity contribution in [2.24, 2.45) is 0 Å². The lowest BCUT2D eigenvalue weighted by molar-refractivity contribution is 0.103. The molecule has 0 radical (unpaired) electrons. The first-order valence-electron chi connectivity index (χ1n) is 10.6. The molecule has 7 nitrogen and oxygen atoms in total. The van der Waals surface area contributed by atoms with Crippen LogP contribution in [0.2, 0.25) is 0 Å². The van der Waals surface area contributed by atoms with Gasteiger partial charge in [0.1, 0.15) is 0 Å². The van der Waals surface area contributed by atoms with Crippen LogP contribution in [0.25, 0.3) is 10.9 Å². The molecule has 0 bridgehead atoms. The third-order valence-corrected chi connectivity index (χ3v) is 6.06. The van der Waals surface area contributed by atoms with Gasteiger partial charge < -0.3 is 10.2 Å². The molecular formula is C23H24F2N4O3S. The minimum atomic E-state index is -2.13. The number of ketones is 1. The summed E-state index contributed by atoms with van der Waals surface area (Å²) >= 11 is -2.13. The second kappa shape index (κ2) is 10.4. The van der Waals surface area contributed by atoms with Crippen LogP contribution in [-0.2, 0) is 17.7 Å². The molecule has 1 aliphatic rings. The zero-order valence-electron chi connectivity index (χ0n) is 17.8. The third-order valence-electron chi connectivity index (χ3n) is 5.61. The van der Waals surface area contributed by atoms with Gasteiger partial charge >= 0.3 is 0 Å². The van der Waals surface area contributed by atoms with Gasteiger partial charge in [-0.05, 0) is 54.8 Å². The van der Waals surface area contributed by atoms with Gasteiger partial charge in [0.05, 0.1) is 23.0 Å². The number of benzene rings is 2. The highest BCUT2D eigenvalue weighted by Crippen LogP contribution is 2.24. The molecule has 0 amide bonds. The second-order valence-corrected chi connectivity index (χ2v) is 8.64. The fourth-order valence-electron chi connectivity index (χ4n) is 3.92. The summed E-state index contributed by atoms with van der Waals surface area (Å²) < 4.78 is 50.5. The molecule has 2 heterocycles. The highest BCUT2D eigenvalue weighted by molar-refractivity contribution is 7.77. The van der Waals surface area contributed by atoms with E-state index in [1.807, 2.05) is 6.07 Å². The van der Waals surface area contributed by atoms with Crippen LogP contribution >= 0.6 is 0 Å². The Labute approximate surface area is 192 Å². The molecule has 174 valence electrons. The summed E-state index contributed by atoms with van der Waals surface area (Å²) in [5.74, 6) is -2.90. The van der Waals surface area contributed by atoms with E-state index >= 15 is 0 Å². The van der Waals surface area contributed by atoms with Crippen molar-refractivity contribution < 1.29 is 22.3 Å². The predicted molar refractivity (Wildman–Crippen MR) is 124 cm³/mol. The third kappa shape index (κ3) is 5.59. The first kappa shape index (κ1) is 23.4. The van der Waals surface area contributed by atoms with Crippen molar-refractivity contribution >= 4 is 33.6 Å². The van der Waals surface area contributed by atoms with Gasteiger partial charge in [0, 0.05) is 43.7 Å². The average Bonchev–Trinajstić information content (AvgIpc) is 2.83. The molecule has 4 rings (SSSR count). The van der Waals surface area contributed by atoms with Gasteiger partial charge in [-0.25, -0.2) is 17.7 Å². The van der Waals surface area contributed by atoms with Crippen LogP contribution in [0.5, 0.6) is 0 Å². The van der Waals surface area contributed by atoms with Crippen molar-refractivity contribution in [3.05, 3.63) is 70.9 Å².